The Morgan fingerprint density at radius 3 is 2.48 bits per heavy atom. The summed E-state index contributed by atoms with van der Waals surface area (Å²) in [5.74, 6) is 1.29. The second-order valence-corrected chi connectivity index (χ2v) is 14.1. The predicted octanol–water partition coefficient (Wildman–Crippen LogP) is 6.33. The summed E-state index contributed by atoms with van der Waals surface area (Å²) in [5, 5.41) is 9.16. The molecule has 1 aliphatic carbocycles. The summed E-state index contributed by atoms with van der Waals surface area (Å²) in [7, 11) is -2.90. The highest BCUT2D eigenvalue weighted by Gasteiger charge is 2.32. The number of fused-ring (bicyclic) bond motifs is 2. The molecule has 0 radical (unpaired) electrons. The highest BCUT2D eigenvalue weighted by Crippen LogP contribution is 2.45. The van der Waals surface area contributed by atoms with Crippen LogP contribution in [0.5, 0.6) is 17.2 Å². The van der Waals surface area contributed by atoms with Crippen molar-refractivity contribution in [2.24, 2.45) is 5.92 Å². The third-order valence-corrected chi connectivity index (χ3v) is 10.5. The summed E-state index contributed by atoms with van der Waals surface area (Å²) >= 11 is 0. The maximum absolute atomic E-state index is 15.3. The van der Waals surface area contributed by atoms with Crippen molar-refractivity contribution in [2.75, 3.05) is 24.7 Å². The third-order valence-electron chi connectivity index (χ3n) is 8.78. The summed E-state index contributed by atoms with van der Waals surface area (Å²) in [4.78, 5) is 11.2. The molecule has 42 heavy (non-hydrogen) atoms. The van der Waals surface area contributed by atoms with Crippen LogP contribution in [0, 0.1) is 25.6 Å². The van der Waals surface area contributed by atoms with Gasteiger partial charge in [0.15, 0.2) is 0 Å². The molecule has 2 aliphatic heterocycles. The van der Waals surface area contributed by atoms with Crippen LogP contribution in [0.1, 0.15) is 65.5 Å². The zero-order valence-corrected chi connectivity index (χ0v) is 24.6. The molecule has 0 amide bonds. The molecule has 0 bridgehead atoms. The van der Waals surface area contributed by atoms with Gasteiger partial charge in [-0.05, 0) is 97.5 Å². The minimum absolute atomic E-state index is 0.00999. The Hall–Kier alpha value is -3.59. The monoisotopic (exact) mass is 594 g/mol. The molecular weight excluding hydrogens is 559 g/mol. The molecule has 1 fully saturated rings. The lowest BCUT2D eigenvalue weighted by molar-refractivity contribution is -0.137. The largest absolute Gasteiger partial charge is 0.493 e. The molecule has 0 aromatic heterocycles. The van der Waals surface area contributed by atoms with Crippen molar-refractivity contribution in [1.82, 2.24) is 0 Å². The highest BCUT2D eigenvalue weighted by molar-refractivity contribution is 7.91. The van der Waals surface area contributed by atoms with Crippen LogP contribution in [0.3, 0.4) is 0 Å². The molecule has 3 aromatic carbocycles. The smallest absolute Gasteiger partial charge is 0.304 e. The van der Waals surface area contributed by atoms with E-state index in [0.29, 0.717) is 56.0 Å². The lowest BCUT2D eigenvalue weighted by Gasteiger charge is -2.23. The fourth-order valence-electron chi connectivity index (χ4n) is 6.65. The van der Waals surface area contributed by atoms with E-state index in [0.717, 1.165) is 39.1 Å². The Kier molecular flexibility index (Phi) is 7.64. The number of carboxylic acid groups (broad SMARTS) is 1. The van der Waals surface area contributed by atoms with Crippen LogP contribution < -0.4 is 14.2 Å². The fraction of sp³-hybridized carbons (Fsp3) is 0.424. The van der Waals surface area contributed by atoms with Crippen LogP contribution in [0.25, 0.3) is 11.1 Å². The average molecular weight is 595 g/mol. The lowest BCUT2D eigenvalue weighted by atomic mass is 9.90. The van der Waals surface area contributed by atoms with E-state index in [9.17, 15) is 13.2 Å². The number of ether oxygens (including phenoxy) is 3. The lowest BCUT2D eigenvalue weighted by Crippen LogP contribution is -2.26. The van der Waals surface area contributed by atoms with Crippen LogP contribution >= 0.6 is 0 Å². The molecule has 2 atom stereocenters. The predicted molar refractivity (Wildman–Crippen MR) is 157 cm³/mol. The first-order valence-corrected chi connectivity index (χ1v) is 16.3. The van der Waals surface area contributed by atoms with Crippen molar-refractivity contribution in [2.45, 2.75) is 58.0 Å². The van der Waals surface area contributed by atoms with Gasteiger partial charge in [-0.25, -0.2) is 12.8 Å². The minimum atomic E-state index is -2.90. The van der Waals surface area contributed by atoms with Gasteiger partial charge in [-0.2, -0.15) is 0 Å². The number of aryl methyl sites for hydroxylation is 2. The van der Waals surface area contributed by atoms with E-state index in [1.54, 1.807) is 12.1 Å². The fourth-order valence-corrected chi connectivity index (χ4v) is 8.24. The summed E-state index contributed by atoms with van der Waals surface area (Å²) in [6.45, 7) is 4.88. The Balaban J connectivity index is 1.20. The van der Waals surface area contributed by atoms with Crippen molar-refractivity contribution < 1.29 is 36.9 Å². The first-order chi connectivity index (χ1) is 20.1. The van der Waals surface area contributed by atoms with Crippen molar-refractivity contribution in [3.63, 3.8) is 0 Å². The number of hydrogen-bond donors (Lipinski definition) is 1. The number of benzene rings is 3. The molecule has 9 heteroatoms. The van der Waals surface area contributed by atoms with E-state index < -0.39 is 21.9 Å². The maximum Gasteiger partial charge on any atom is 0.304 e. The standard InChI is InChI=1S/C33H35FO7S/c1-19-13-24(39-17-21-9-11-42(37,38)12-10-21)14-20(2)32(19)26-5-7-28(34)33-27(26)6-8-29(33)41-23-3-4-25-22(15-31(35)36)18-40-30(25)16-23/h3-5,7,13-14,16,21-22,29H,6,8-12,15,17-18H2,1-2H3,(H,35,36)/t22?,29-/m1/s1. The molecule has 7 nitrogen and oxygen atoms in total. The molecule has 2 heterocycles. The van der Waals surface area contributed by atoms with Gasteiger partial charge in [0.2, 0.25) is 0 Å². The molecule has 222 valence electrons. The van der Waals surface area contributed by atoms with Gasteiger partial charge in [-0.1, -0.05) is 12.1 Å². The Bertz CT molecular complexity index is 1610. The molecule has 1 N–H and O–H groups in total. The van der Waals surface area contributed by atoms with Crippen LogP contribution in [0.2, 0.25) is 0 Å². The first-order valence-electron chi connectivity index (χ1n) is 14.5. The van der Waals surface area contributed by atoms with Crippen LogP contribution in [0.4, 0.5) is 4.39 Å². The number of hydrogen-bond acceptors (Lipinski definition) is 6. The number of aliphatic carboxylic acids is 1. The Morgan fingerprint density at radius 2 is 1.76 bits per heavy atom. The summed E-state index contributed by atoms with van der Waals surface area (Å²) in [6.07, 6.45) is 2.14. The number of carboxylic acids is 1. The number of rotatable bonds is 8. The van der Waals surface area contributed by atoms with E-state index in [2.05, 4.69) is 0 Å². The van der Waals surface area contributed by atoms with E-state index in [1.165, 1.54) is 6.07 Å². The van der Waals surface area contributed by atoms with Gasteiger partial charge in [-0.15, -0.1) is 0 Å². The van der Waals surface area contributed by atoms with Crippen LogP contribution in [0.15, 0.2) is 42.5 Å². The normalized spacial score (nSPS) is 20.9. The van der Waals surface area contributed by atoms with Crippen LogP contribution in [-0.4, -0.2) is 44.2 Å². The zero-order chi connectivity index (χ0) is 29.6. The molecule has 0 spiro atoms. The maximum atomic E-state index is 15.3. The third kappa shape index (κ3) is 5.71. The molecule has 3 aliphatic rings. The van der Waals surface area contributed by atoms with Crippen molar-refractivity contribution in [3.05, 3.63) is 76.1 Å². The van der Waals surface area contributed by atoms with Crippen molar-refractivity contribution in [1.29, 1.82) is 0 Å². The number of sulfone groups is 1. The van der Waals surface area contributed by atoms with Gasteiger partial charge < -0.3 is 19.3 Å². The minimum Gasteiger partial charge on any atom is -0.493 e. The van der Waals surface area contributed by atoms with Gasteiger partial charge in [0.25, 0.3) is 0 Å². The average Bonchev–Trinajstić information content (AvgIpc) is 3.53. The van der Waals surface area contributed by atoms with Crippen LogP contribution in [-0.2, 0) is 21.1 Å². The van der Waals surface area contributed by atoms with Crippen molar-refractivity contribution in [3.8, 4) is 28.4 Å². The van der Waals surface area contributed by atoms with E-state index in [4.69, 9.17) is 19.3 Å². The molecular formula is C33H35FO7S. The second-order valence-electron chi connectivity index (χ2n) is 11.8. The van der Waals surface area contributed by atoms with Gasteiger partial charge in [0.1, 0.15) is 39.0 Å². The molecule has 3 aromatic rings. The van der Waals surface area contributed by atoms with Gasteiger partial charge in [0, 0.05) is 23.1 Å². The molecule has 6 rings (SSSR count). The number of halogens is 1. The van der Waals surface area contributed by atoms with Gasteiger partial charge in [0.05, 0.1) is 31.1 Å². The summed E-state index contributed by atoms with van der Waals surface area (Å²) in [5.41, 5.74) is 6.48. The Morgan fingerprint density at radius 1 is 1.02 bits per heavy atom. The quantitative estimate of drug-likeness (QED) is 0.325. The number of carbonyl (C=O) groups is 1. The topological polar surface area (TPSA) is 99.1 Å². The zero-order valence-electron chi connectivity index (χ0n) is 23.8. The van der Waals surface area contributed by atoms with Gasteiger partial charge >= 0.3 is 5.97 Å². The SMILES string of the molecule is Cc1cc(OCC2CCS(=O)(=O)CC2)cc(C)c1-c1ccc(F)c2c1CC[C@H]2Oc1ccc2c(c1)OCC2CC(=O)O. The van der Waals surface area contributed by atoms with E-state index in [-0.39, 0.29) is 35.6 Å². The van der Waals surface area contributed by atoms with Gasteiger partial charge in [-0.3, -0.25) is 4.79 Å². The molecule has 1 unspecified atom stereocenters. The first kappa shape index (κ1) is 28.5. The summed E-state index contributed by atoms with van der Waals surface area (Å²) in [6, 6.07) is 12.8. The summed E-state index contributed by atoms with van der Waals surface area (Å²) < 4.78 is 56.9. The van der Waals surface area contributed by atoms with E-state index in [1.807, 2.05) is 38.1 Å². The molecule has 0 saturated carbocycles. The van der Waals surface area contributed by atoms with Crippen molar-refractivity contribution >= 4 is 15.8 Å². The molecule has 1 saturated heterocycles. The highest BCUT2D eigenvalue weighted by atomic mass is 32.2. The Labute approximate surface area is 245 Å². The van der Waals surface area contributed by atoms with E-state index >= 15 is 4.39 Å². The second kappa shape index (κ2) is 11.2.